The van der Waals surface area contributed by atoms with Crippen LogP contribution in [0, 0.1) is 0 Å². The average molecular weight is 305 g/mol. The number of ether oxygens (including phenoxy) is 1. The molecule has 1 aromatic rings. The zero-order valence-electron chi connectivity index (χ0n) is 11.8. The van der Waals surface area contributed by atoms with E-state index in [1.807, 2.05) is 6.92 Å². The third kappa shape index (κ3) is 3.56. The summed E-state index contributed by atoms with van der Waals surface area (Å²) in [4.78, 5) is 5.91. The molecular weight excluding hydrogens is 287 g/mol. The van der Waals surface area contributed by atoms with Crippen LogP contribution in [0.1, 0.15) is 12.5 Å². The van der Waals surface area contributed by atoms with Gasteiger partial charge in [-0.05, 0) is 19.1 Å². The lowest BCUT2D eigenvalue weighted by atomic mass is 10.1. The molecule has 1 saturated heterocycles. The second kappa shape index (κ2) is 6.07. The monoisotopic (exact) mass is 305 g/mol. The van der Waals surface area contributed by atoms with Gasteiger partial charge in [-0.2, -0.15) is 13.2 Å². The standard InChI is InChI=1S/C13H18F3N3O2/c1-8-7-21-10(6-20)5-19(8)12-4-9(13(14,15)16)3-11(17-2)18-12/h3-4,8,10,20H,5-7H2,1-2H3,(H,17,18). The van der Waals surface area contributed by atoms with Gasteiger partial charge in [0.05, 0.1) is 30.9 Å². The fourth-order valence-electron chi connectivity index (χ4n) is 2.20. The van der Waals surface area contributed by atoms with E-state index in [1.165, 1.54) is 7.05 Å². The molecule has 1 aliphatic heterocycles. The van der Waals surface area contributed by atoms with Crippen molar-refractivity contribution in [3.05, 3.63) is 17.7 Å². The number of alkyl halides is 3. The van der Waals surface area contributed by atoms with Gasteiger partial charge in [-0.25, -0.2) is 4.98 Å². The lowest BCUT2D eigenvalue weighted by molar-refractivity contribution is -0.137. The Hall–Kier alpha value is -1.54. The summed E-state index contributed by atoms with van der Waals surface area (Å²) in [5.74, 6) is 0.377. The van der Waals surface area contributed by atoms with Gasteiger partial charge in [0.25, 0.3) is 0 Å². The minimum Gasteiger partial charge on any atom is -0.394 e. The number of aromatic nitrogens is 1. The fraction of sp³-hybridized carbons (Fsp3) is 0.615. The van der Waals surface area contributed by atoms with E-state index in [0.717, 1.165) is 12.1 Å². The van der Waals surface area contributed by atoms with E-state index in [4.69, 9.17) is 9.84 Å². The predicted octanol–water partition coefficient (Wildman–Crippen LogP) is 1.73. The highest BCUT2D eigenvalue weighted by atomic mass is 19.4. The smallest absolute Gasteiger partial charge is 0.394 e. The van der Waals surface area contributed by atoms with Gasteiger partial charge in [-0.3, -0.25) is 0 Å². The third-order valence-corrected chi connectivity index (χ3v) is 3.40. The lowest BCUT2D eigenvalue weighted by Gasteiger charge is -2.38. The number of anilines is 2. The molecule has 2 unspecified atom stereocenters. The van der Waals surface area contributed by atoms with Crippen LogP contribution in [0.25, 0.3) is 0 Å². The van der Waals surface area contributed by atoms with Crippen molar-refractivity contribution in [2.24, 2.45) is 0 Å². The maximum atomic E-state index is 13.0. The highest BCUT2D eigenvalue weighted by molar-refractivity contribution is 5.52. The molecule has 8 heteroatoms. The second-order valence-corrected chi connectivity index (χ2v) is 4.99. The SMILES string of the molecule is CNc1cc(C(F)(F)F)cc(N2CC(CO)OCC2C)n1. The van der Waals surface area contributed by atoms with Crippen molar-refractivity contribution in [3.8, 4) is 0 Å². The Morgan fingerprint density at radius 1 is 1.48 bits per heavy atom. The second-order valence-electron chi connectivity index (χ2n) is 4.99. The van der Waals surface area contributed by atoms with Crippen molar-refractivity contribution < 1.29 is 23.0 Å². The highest BCUT2D eigenvalue weighted by Gasteiger charge is 2.34. The van der Waals surface area contributed by atoms with Crippen LogP contribution < -0.4 is 10.2 Å². The molecule has 2 heterocycles. The Morgan fingerprint density at radius 3 is 2.76 bits per heavy atom. The quantitative estimate of drug-likeness (QED) is 0.890. The van der Waals surface area contributed by atoms with E-state index in [0.29, 0.717) is 13.2 Å². The van der Waals surface area contributed by atoms with Crippen molar-refractivity contribution in [1.82, 2.24) is 4.98 Å². The number of hydrogen-bond acceptors (Lipinski definition) is 5. The topological polar surface area (TPSA) is 57.6 Å². The Bertz CT molecular complexity index is 496. The average Bonchev–Trinajstić information content (AvgIpc) is 2.46. The van der Waals surface area contributed by atoms with E-state index in [1.54, 1.807) is 4.90 Å². The van der Waals surface area contributed by atoms with Crippen molar-refractivity contribution in [2.75, 3.05) is 37.0 Å². The van der Waals surface area contributed by atoms with Crippen molar-refractivity contribution in [1.29, 1.82) is 0 Å². The van der Waals surface area contributed by atoms with Gasteiger partial charge < -0.3 is 20.1 Å². The zero-order valence-corrected chi connectivity index (χ0v) is 11.8. The first-order valence-electron chi connectivity index (χ1n) is 6.61. The summed E-state index contributed by atoms with van der Waals surface area (Å²) < 4.78 is 44.2. The van der Waals surface area contributed by atoms with Crippen LogP contribution in [0.3, 0.4) is 0 Å². The lowest BCUT2D eigenvalue weighted by Crippen LogP contribution is -2.50. The molecule has 0 aliphatic carbocycles. The molecule has 21 heavy (non-hydrogen) atoms. The molecule has 2 N–H and O–H groups in total. The summed E-state index contributed by atoms with van der Waals surface area (Å²) in [6.45, 7) is 2.29. The summed E-state index contributed by atoms with van der Waals surface area (Å²) >= 11 is 0. The Labute approximate surface area is 120 Å². The molecule has 0 radical (unpaired) electrons. The molecular formula is C13H18F3N3O2. The fourth-order valence-corrected chi connectivity index (χ4v) is 2.20. The Balaban J connectivity index is 2.37. The van der Waals surface area contributed by atoms with Crippen LogP contribution in [0.2, 0.25) is 0 Å². The van der Waals surface area contributed by atoms with Gasteiger partial charge >= 0.3 is 6.18 Å². The number of aliphatic hydroxyl groups is 1. The number of hydrogen-bond donors (Lipinski definition) is 2. The molecule has 1 fully saturated rings. The van der Waals surface area contributed by atoms with Gasteiger partial charge in [0, 0.05) is 13.6 Å². The van der Waals surface area contributed by atoms with E-state index >= 15 is 0 Å². The normalized spacial score (nSPS) is 23.2. The number of nitrogens with one attached hydrogen (secondary N) is 1. The maximum Gasteiger partial charge on any atom is 0.416 e. The number of rotatable bonds is 3. The molecule has 2 atom stereocenters. The van der Waals surface area contributed by atoms with Crippen molar-refractivity contribution >= 4 is 11.6 Å². The predicted molar refractivity (Wildman–Crippen MR) is 72.4 cm³/mol. The van der Waals surface area contributed by atoms with Gasteiger partial charge in [0.15, 0.2) is 0 Å². The summed E-state index contributed by atoms with van der Waals surface area (Å²) in [6, 6.07) is 1.88. The number of halogens is 3. The van der Waals surface area contributed by atoms with Gasteiger partial charge in [-0.15, -0.1) is 0 Å². The first-order chi connectivity index (χ1) is 9.85. The number of aliphatic hydroxyl groups excluding tert-OH is 1. The van der Waals surface area contributed by atoms with Gasteiger partial charge in [0.2, 0.25) is 0 Å². The maximum absolute atomic E-state index is 13.0. The van der Waals surface area contributed by atoms with Crippen LogP contribution in [-0.2, 0) is 10.9 Å². The largest absolute Gasteiger partial charge is 0.416 e. The highest BCUT2D eigenvalue weighted by Crippen LogP contribution is 2.33. The van der Waals surface area contributed by atoms with Crippen molar-refractivity contribution in [3.63, 3.8) is 0 Å². The van der Waals surface area contributed by atoms with Crippen LogP contribution in [0.4, 0.5) is 24.8 Å². The molecule has 1 aromatic heterocycles. The number of nitrogens with zero attached hydrogens (tertiary/aromatic N) is 2. The first kappa shape index (κ1) is 15.8. The minimum atomic E-state index is -4.44. The van der Waals surface area contributed by atoms with Crippen molar-refractivity contribution in [2.45, 2.75) is 25.2 Å². The van der Waals surface area contributed by atoms with Crippen LogP contribution in [0.15, 0.2) is 12.1 Å². The summed E-state index contributed by atoms with van der Waals surface area (Å²) in [7, 11) is 1.52. The van der Waals surface area contributed by atoms with E-state index in [2.05, 4.69) is 10.3 Å². The van der Waals surface area contributed by atoms with E-state index in [-0.39, 0.29) is 24.3 Å². The zero-order chi connectivity index (χ0) is 15.6. The molecule has 0 aromatic carbocycles. The van der Waals surface area contributed by atoms with Gasteiger partial charge in [0.1, 0.15) is 11.6 Å². The summed E-state index contributed by atoms with van der Waals surface area (Å²) in [6.07, 6.45) is -4.86. The summed E-state index contributed by atoms with van der Waals surface area (Å²) in [5, 5.41) is 11.8. The number of morpholine rings is 1. The molecule has 0 saturated carbocycles. The Morgan fingerprint density at radius 2 is 2.19 bits per heavy atom. The molecule has 5 nitrogen and oxygen atoms in total. The molecule has 118 valence electrons. The third-order valence-electron chi connectivity index (χ3n) is 3.40. The summed E-state index contributed by atoms with van der Waals surface area (Å²) in [5.41, 5.74) is -0.754. The number of pyridine rings is 1. The molecule has 0 spiro atoms. The van der Waals surface area contributed by atoms with Crippen LogP contribution in [0.5, 0.6) is 0 Å². The molecule has 1 aliphatic rings. The first-order valence-corrected chi connectivity index (χ1v) is 6.61. The molecule has 0 amide bonds. The van der Waals surface area contributed by atoms with E-state index < -0.39 is 17.8 Å². The van der Waals surface area contributed by atoms with Gasteiger partial charge in [-0.1, -0.05) is 0 Å². The van der Waals surface area contributed by atoms with Crippen LogP contribution >= 0.6 is 0 Å². The minimum absolute atomic E-state index is 0.117. The van der Waals surface area contributed by atoms with Crippen LogP contribution in [-0.4, -0.2) is 49.0 Å². The Kier molecular flexibility index (Phi) is 4.58. The molecule has 2 rings (SSSR count). The molecule has 0 bridgehead atoms. The van der Waals surface area contributed by atoms with E-state index in [9.17, 15) is 13.2 Å².